The molecular formula is C40H82O5. The second-order valence-corrected chi connectivity index (χ2v) is 14.4. The van der Waals surface area contributed by atoms with Crippen LogP contribution in [0, 0.1) is 10.8 Å². The molecular weight excluding hydrogens is 560 g/mol. The minimum Gasteiger partial charge on any atom is -0.481 e. The molecule has 0 aliphatic heterocycles. The fourth-order valence-corrected chi connectivity index (χ4v) is 6.56. The number of hydrogen-bond acceptors (Lipinski definition) is 4. The van der Waals surface area contributed by atoms with Crippen molar-refractivity contribution >= 4 is 5.97 Å². The molecule has 272 valence electrons. The number of aliphatic carboxylic acids is 1. The third-order valence-electron chi connectivity index (χ3n) is 10.3. The fourth-order valence-electron chi connectivity index (χ4n) is 6.56. The Balaban J connectivity index is 0. The first-order valence-corrected chi connectivity index (χ1v) is 19.9. The number of hydrogen-bond donors (Lipinski definition) is 4. The van der Waals surface area contributed by atoms with E-state index in [0.717, 1.165) is 12.8 Å². The molecule has 0 radical (unpaired) electrons. The van der Waals surface area contributed by atoms with Crippen LogP contribution >= 0.6 is 0 Å². The van der Waals surface area contributed by atoms with Gasteiger partial charge < -0.3 is 20.4 Å². The van der Waals surface area contributed by atoms with Crippen LogP contribution in [0.15, 0.2) is 0 Å². The van der Waals surface area contributed by atoms with E-state index >= 15 is 0 Å². The Morgan fingerprint density at radius 2 is 0.667 bits per heavy atom. The van der Waals surface area contributed by atoms with Crippen LogP contribution in [-0.4, -0.2) is 46.2 Å². The van der Waals surface area contributed by atoms with Crippen LogP contribution < -0.4 is 0 Å². The molecule has 0 unspecified atom stereocenters. The highest BCUT2D eigenvalue weighted by atomic mass is 16.4. The average molecular weight is 643 g/mol. The number of carboxylic acids is 1. The molecule has 0 amide bonds. The summed E-state index contributed by atoms with van der Waals surface area (Å²) in [5.74, 6) is -0.640. The van der Waals surface area contributed by atoms with E-state index in [1.807, 2.05) is 6.92 Å². The van der Waals surface area contributed by atoms with Crippen molar-refractivity contribution in [3.05, 3.63) is 0 Å². The zero-order chi connectivity index (χ0) is 33.9. The van der Waals surface area contributed by atoms with Crippen LogP contribution in [0.2, 0.25) is 0 Å². The van der Waals surface area contributed by atoms with Gasteiger partial charge in [0, 0.05) is 11.8 Å². The Labute approximate surface area is 281 Å². The molecule has 45 heavy (non-hydrogen) atoms. The van der Waals surface area contributed by atoms with Gasteiger partial charge in [-0.3, -0.25) is 4.79 Å². The Hall–Kier alpha value is -0.650. The first-order chi connectivity index (χ1) is 21.8. The molecule has 0 heterocycles. The number of carboxylic acid groups (broad SMARTS) is 1. The molecule has 0 saturated heterocycles. The van der Waals surface area contributed by atoms with Crippen molar-refractivity contribution in [2.75, 3.05) is 19.8 Å². The lowest BCUT2D eigenvalue weighted by Gasteiger charge is -2.35. The summed E-state index contributed by atoms with van der Waals surface area (Å²) in [5, 5.41) is 34.8. The number of rotatable bonds is 34. The van der Waals surface area contributed by atoms with Gasteiger partial charge >= 0.3 is 5.97 Å². The fraction of sp³-hybridized carbons (Fsp3) is 0.975. The lowest BCUT2D eigenvalue weighted by atomic mass is 9.70. The Morgan fingerprint density at radius 1 is 0.400 bits per heavy atom. The van der Waals surface area contributed by atoms with Gasteiger partial charge in [-0.1, -0.05) is 175 Å². The SMILES string of the molecule is CCC(CO)(CO)CO.CCCCCCCCC(CCCCCCCC)(CCCCCCCC)CCCCCCCCC(=O)O. The maximum atomic E-state index is 10.7. The maximum absolute atomic E-state index is 10.7. The van der Waals surface area contributed by atoms with E-state index < -0.39 is 11.4 Å². The summed E-state index contributed by atoms with van der Waals surface area (Å²) in [6.45, 7) is 8.31. The molecule has 0 atom stereocenters. The Bertz CT molecular complexity index is 531. The predicted molar refractivity (Wildman–Crippen MR) is 195 cm³/mol. The topological polar surface area (TPSA) is 98.0 Å². The largest absolute Gasteiger partial charge is 0.481 e. The lowest BCUT2D eigenvalue weighted by Crippen LogP contribution is -2.32. The highest BCUT2D eigenvalue weighted by Crippen LogP contribution is 2.42. The lowest BCUT2D eigenvalue weighted by molar-refractivity contribution is -0.137. The van der Waals surface area contributed by atoms with Crippen molar-refractivity contribution in [3.63, 3.8) is 0 Å². The summed E-state index contributed by atoms with van der Waals surface area (Å²) in [7, 11) is 0. The minimum atomic E-state index is -0.667. The Morgan fingerprint density at radius 3 is 0.889 bits per heavy atom. The zero-order valence-electron chi connectivity index (χ0n) is 31.0. The first kappa shape index (κ1) is 46.5. The van der Waals surface area contributed by atoms with Gasteiger partial charge in [-0.25, -0.2) is 0 Å². The molecule has 0 rings (SSSR count). The molecule has 0 saturated carbocycles. The smallest absolute Gasteiger partial charge is 0.303 e. The first-order valence-electron chi connectivity index (χ1n) is 19.9. The van der Waals surface area contributed by atoms with Crippen molar-refractivity contribution in [3.8, 4) is 0 Å². The monoisotopic (exact) mass is 643 g/mol. The summed E-state index contributed by atoms with van der Waals surface area (Å²) >= 11 is 0. The third kappa shape index (κ3) is 29.2. The number of aliphatic hydroxyl groups excluding tert-OH is 3. The van der Waals surface area contributed by atoms with Crippen LogP contribution in [0.1, 0.15) is 220 Å². The van der Waals surface area contributed by atoms with Gasteiger partial charge in [-0.2, -0.15) is 0 Å². The minimum absolute atomic E-state index is 0.156. The van der Waals surface area contributed by atoms with Crippen LogP contribution in [-0.2, 0) is 4.79 Å². The van der Waals surface area contributed by atoms with Gasteiger partial charge in [-0.05, 0) is 43.9 Å². The summed E-state index contributed by atoms with van der Waals surface area (Å²) in [6, 6.07) is 0. The van der Waals surface area contributed by atoms with Gasteiger partial charge in [-0.15, -0.1) is 0 Å². The number of unbranched alkanes of at least 4 members (excludes halogenated alkanes) is 20. The molecule has 0 aromatic heterocycles. The number of aliphatic hydroxyl groups is 3. The second-order valence-electron chi connectivity index (χ2n) is 14.4. The predicted octanol–water partition coefficient (Wildman–Crippen LogP) is 11.8. The van der Waals surface area contributed by atoms with Gasteiger partial charge in [0.25, 0.3) is 0 Å². The van der Waals surface area contributed by atoms with E-state index in [9.17, 15) is 4.79 Å². The van der Waals surface area contributed by atoms with Crippen LogP contribution in [0.4, 0.5) is 0 Å². The number of carbonyl (C=O) groups is 1. The molecule has 0 fully saturated rings. The summed E-state index contributed by atoms with van der Waals surface area (Å²) in [5.41, 5.74) is -0.0659. The maximum Gasteiger partial charge on any atom is 0.303 e. The van der Waals surface area contributed by atoms with E-state index in [0.29, 0.717) is 18.3 Å². The zero-order valence-corrected chi connectivity index (χ0v) is 31.0. The molecule has 4 N–H and O–H groups in total. The van der Waals surface area contributed by atoms with Crippen molar-refractivity contribution in [1.29, 1.82) is 0 Å². The van der Waals surface area contributed by atoms with Crippen LogP contribution in [0.25, 0.3) is 0 Å². The van der Waals surface area contributed by atoms with E-state index in [1.54, 1.807) is 0 Å². The molecule has 0 aromatic rings. The van der Waals surface area contributed by atoms with Crippen LogP contribution in [0.3, 0.4) is 0 Å². The van der Waals surface area contributed by atoms with Crippen molar-refractivity contribution in [2.45, 2.75) is 220 Å². The average Bonchev–Trinajstić information content (AvgIpc) is 3.05. The normalized spacial score (nSPS) is 11.9. The van der Waals surface area contributed by atoms with E-state index in [2.05, 4.69) is 20.8 Å². The molecule has 5 nitrogen and oxygen atoms in total. The Kier molecular flexibility index (Phi) is 35.8. The summed E-state index contributed by atoms with van der Waals surface area (Å²) < 4.78 is 0. The molecule has 0 bridgehead atoms. The third-order valence-corrected chi connectivity index (χ3v) is 10.3. The second kappa shape index (κ2) is 34.7. The standard InChI is InChI=1S/C34H68O2.C6H14O3/c1-4-7-10-13-19-24-29-34(30-25-20-14-11-8-5-2,31-26-21-15-12-9-6-3)32-27-22-17-16-18-23-28-33(35)36;1-2-6(3-7,4-8)5-9/h4-32H2,1-3H3,(H,35,36);7-9H,2-5H2,1H3. The van der Waals surface area contributed by atoms with E-state index in [-0.39, 0.29) is 19.8 Å². The molecule has 0 aromatic carbocycles. The van der Waals surface area contributed by atoms with Crippen LogP contribution in [0.5, 0.6) is 0 Å². The highest BCUT2D eigenvalue weighted by Gasteiger charge is 2.28. The quantitative estimate of drug-likeness (QED) is 0.0524. The highest BCUT2D eigenvalue weighted by molar-refractivity contribution is 5.66. The van der Waals surface area contributed by atoms with Gasteiger partial charge in [0.05, 0.1) is 19.8 Å². The van der Waals surface area contributed by atoms with E-state index in [4.69, 9.17) is 20.4 Å². The van der Waals surface area contributed by atoms with Gasteiger partial charge in [0.15, 0.2) is 0 Å². The van der Waals surface area contributed by atoms with Gasteiger partial charge in [0.2, 0.25) is 0 Å². The summed E-state index contributed by atoms with van der Waals surface area (Å²) in [6.07, 6.45) is 39.5. The molecule has 0 aliphatic rings. The molecule has 0 spiro atoms. The van der Waals surface area contributed by atoms with Crippen molar-refractivity contribution < 1.29 is 25.2 Å². The van der Waals surface area contributed by atoms with E-state index in [1.165, 1.54) is 167 Å². The molecule has 5 heteroatoms. The van der Waals surface area contributed by atoms with Crippen molar-refractivity contribution in [1.82, 2.24) is 0 Å². The van der Waals surface area contributed by atoms with Gasteiger partial charge in [0.1, 0.15) is 0 Å². The summed E-state index contributed by atoms with van der Waals surface area (Å²) in [4.78, 5) is 10.7. The van der Waals surface area contributed by atoms with Crippen molar-refractivity contribution in [2.24, 2.45) is 10.8 Å². The molecule has 0 aliphatic carbocycles.